The molecule has 2 rings (SSSR count). The van der Waals surface area contributed by atoms with Crippen LogP contribution in [0.2, 0.25) is 0 Å². The van der Waals surface area contributed by atoms with E-state index < -0.39 is 0 Å². The van der Waals surface area contributed by atoms with E-state index in [9.17, 15) is 4.39 Å². The molecule has 0 aliphatic carbocycles. The van der Waals surface area contributed by atoms with Crippen LogP contribution >= 0.6 is 0 Å². The zero-order valence-corrected chi connectivity index (χ0v) is 9.82. The van der Waals surface area contributed by atoms with Crippen molar-refractivity contribution in [1.29, 1.82) is 0 Å². The Bertz CT molecular complexity index is 453. The van der Waals surface area contributed by atoms with E-state index in [1.54, 1.807) is 12.3 Å². The van der Waals surface area contributed by atoms with Gasteiger partial charge in [-0.1, -0.05) is 18.2 Å². The molecule has 1 aromatic carbocycles. The first kappa shape index (κ1) is 11.9. The molecule has 0 saturated heterocycles. The lowest BCUT2D eigenvalue weighted by Crippen LogP contribution is -2.18. The molecule has 1 aromatic heterocycles. The molecular formula is C14H16FNO. The number of rotatable bonds is 5. The molecule has 17 heavy (non-hydrogen) atoms. The second-order valence-corrected chi connectivity index (χ2v) is 3.98. The summed E-state index contributed by atoms with van der Waals surface area (Å²) in [6.45, 7) is 0. The van der Waals surface area contributed by atoms with Crippen LogP contribution in [0.25, 0.3) is 0 Å². The van der Waals surface area contributed by atoms with Crippen LogP contribution in [0.1, 0.15) is 23.8 Å². The lowest BCUT2D eigenvalue weighted by molar-refractivity contribution is 0.459. The van der Waals surface area contributed by atoms with Gasteiger partial charge in [-0.25, -0.2) is 4.39 Å². The minimum Gasteiger partial charge on any atom is -0.469 e. The average molecular weight is 233 g/mol. The molecule has 1 atom stereocenters. The summed E-state index contributed by atoms with van der Waals surface area (Å²) in [7, 11) is 1.85. The first-order chi connectivity index (χ1) is 8.31. The lowest BCUT2D eigenvalue weighted by Gasteiger charge is -2.16. The number of halogens is 1. The van der Waals surface area contributed by atoms with Crippen molar-refractivity contribution in [1.82, 2.24) is 5.32 Å². The fourth-order valence-electron chi connectivity index (χ4n) is 1.95. The molecule has 3 heteroatoms. The maximum atomic E-state index is 13.6. The first-order valence-electron chi connectivity index (χ1n) is 5.75. The molecule has 2 nitrogen and oxygen atoms in total. The summed E-state index contributed by atoms with van der Waals surface area (Å²) >= 11 is 0. The number of hydrogen-bond acceptors (Lipinski definition) is 2. The third-order valence-electron chi connectivity index (χ3n) is 2.89. The monoisotopic (exact) mass is 233 g/mol. The van der Waals surface area contributed by atoms with E-state index in [0.717, 1.165) is 18.6 Å². The van der Waals surface area contributed by atoms with Crippen molar-refractivity contribution in [3.63, 3.8) is 0 Å². The van der Waals surface area contributed by atoms with E-state index in [2.05, 4.69) is 5.32 Å². The molecule has 0 amide bonds. The molecule has 0 aliphatic heterocycles. The molecular weight excluding hydrogens is 217 g/mol. The number of benzene rings is 1. The van der Waals surface area contributed by atoms with Crippen LogP contribution in [0.4, 0.5) is 4.39 Å². The van der Waals surface area contributed by atoms with Crippen molar-refractivity contribution in [2.24, 2.45) is 0 Å². The van der Waals surface area contributed by atoms with E-state index in [0.29, 0.717) is 5.56 Å². The maximum Gasteiger partial charge on any atom is 0.127 e. The van der Waals surface area contributed by atoms with Crippen LogP contribution in [-0.4, -0.2) is 7.05 Å². The predicted octanol–water partition coefficient (Wildman–Crippen LogP) is 3.31. The Morgan fingerprint density at radius 3 is 2.71 bits per heavy atom. The molecule has 1 heterocycles. The quantitative estimate of drug-likeness (QED) is 0.857. The van der Waals surface area contributed by atoms with E-state index in [1.807, 2.05) is 31.3 Å². The third kappa shape index (κ3) is 2.94. The van der Waals surface area contributed by atoms with Crippen molar-refractivity contribution >= 4 is 0 Å². The van der Waals surface area contributed by atoms with E-state index in [-0.39, 0.29) is 11.9 Å². The highest BCUT2D eigenvalue weighted by molar-refractivity contribution is 5.21. The van der Waals surface area contributed by atoms with Gasteiger partial charge in [0.15, 0.2) is 0 Å². The van der Waals surface area contributed by atoms with Gasteiger partial charge >= 0.3 is 0 Å². The molecule has 0 saturated carbocycles. The number of nitrogens with one attached hydrogen (secondary N) is 1. The molecule has 1 N–H and O–H groups in total. The van der Waals surface area contributed by atoms with Gasteiger partial charge in [-0.3, -0.25) is 0 Å². The van der Waals surface area contributed by atoms with Crippen LogP contribution in [0.5, 0.6) is 0 Å². The van der Waals surface area contributed by atoms with Crippen molar-refractivity contribution in [3.8, 4) is 0 Å². The minimum absolute atomic E-state index is 0.0151. The van der Waals surface area contributed by atoms with Gasteiger partial charge in [0.2, 0.25) is 0 Å². The zero-order chi connectivity index (χ0) is 12.1. The molecule has 90 valence electrons. The van der Waals surface area contributed by atoms with Crippen LogP contribution in [-0.2, 0) is 6.42 Å². The Labute approximate surface area is 100 Å². The maximum absolute atomic E-state index is 13.6. The van der Waals surface area contributed by atoms with Gasteiger partial charge in [-0.15, -0.1) is 0 Å². The van der Waals surface area contributed by atoms with Crippen molar-refractivity contribution in [3.05, 3.63) is 59.8 Å². The van der Waals surface area contributed by atoms with Gasteiger partial charge in [0.25, 0.3) is 0 Å². The van der Waals surface area contributed by atoms with Crippen molar-refractivity contribution in [2.45, 2.75) is 18.9 Å². The van der Waals surface area contributed by atoms with Gasteiger partial charge < -0.3 is 9.73 Å². The van der Waals surface area contributed by atoms with Crippen LogP contribution in [0, 0.1) is 5.82 Å². The van der Waals surface area contributed by atoms with E-state index in [1.165, 1.54) is 6.07 Å². The lowest BCUT2D eigenvalue weighted by atomic mass is 10.0. The molecule has 0 fully saturated rings. The predicted molar refractivity (Wildman–Crippen MR) is 65.2 cm³/mol. The van der Waals surface area contributed by atoms with E-state index in [4.69, 9.17) is 4.42 Å². The Morgan fingerprint density at radius 1 is 1.24 bits per heavy atom. The van der Waals surface area contributed by atoms with E-state index >= 15 is 0 Å². The van der Waals surface area contributed by atoms with Crippen LogP contribution in [0.3, 0.4) is 0 Å². The standard InChI is InChI=1S/C14H16FNO/c1-16-14(9-8-11-5-4-10-17-11)12-6-2-3-7-13(12)15/h2-7,10,14,16H,8-9H2,1H3. The molecule has 0 aliphatic rings. The fourth-order valence-corrected chi connectivity index (χ4v) is 1.95. The summed E-state index contributed by atoms with van der Waals surface area (Å²) in [4.78, 5) is 0. The number of hydrogen-bond donors (Lipinski definition) is 1. The highest BCUT2D eigenvalue weighted by Crippen LogP contribution is 2.21. The second kappa shape index (κ2) is 5.64. The molecule has 2 aromatic rings. The summed E-state index contributed by atoms with van der Waals surface area (Å²) in [5.74, 6) is 0.771. The molecule has 0 bridgehead atoms. The minimum atomic E-state index is -0.161. The normalized spacial score (nSPS) is 12.6. The van der Waals surface area contributed by atoms with Crippen molar-refractivity contribution < 1.29 is 8.81 Å². The van der Waals surface area contributed by atoms with Gasteiger partial charge in [0.1, 0.15) is 11.6 Å². The van der Waals surface area contributed by atoms with Crippen molar-refractivity contribution in [2.75, 3.05) is 7.05 Å². The second-order valence-electron chi connectivity index (χ2n) is 3.98. The Morgan fingerprint density at radius 2 is 2.06 bits per heavy atom. The van der Waals surface area contributed by atoms with Crippen LogP contribution < -0.4 is 5.32 Å². The summed E-state index contributed by atoms with van der Waals surface area (Å²) in [5.41, 5.74) is 0.710. The molecule has 1 unspecified atom stereocenters. The summed E-state index contributed by atoms with van der Waals surface area (Å²) in [6, 6.07) is 10.7. The fraction of sp³-hybridized carbons (Fsp3) is 0.286. The zero-order valence-electron chi connectivity index (χ0n) is 9.82. The smallest absolute Gasteiger partial charge is 0.127 e. The number of aryl methyl sites for hydroxylation is 1. The SMILES string of the molecule is CNC(CCc1ccco1)c1ccccc1F. The largest absolute Gasteiger partial charge is 0.469 e. The Hall–Kier alpha value is -1.61. The van der Waals surface area contributed by atoms with Gasteiger partial charge in [-0.05, 0) is 31.7 Å². The highest BCUT2D eigenvalue weighted by Gasteiger charge is 2.13. The summed E-state index contributed by atoms with van der Waals surface area (Å²) in [6.07, 6.45) is 3.27. The topological polar surface area (TPSA) is 25.2 Å². The van der Waals surface area contributed by atoms with Gasteiger partial charge in [0.05, 0.1) is 6.26 Å². The molecule has 0 spiro atoms. The Kier molecular flexibility index (Phi) is 3.94. The molecule has 0 radical (unpaired) electrons. The van der Waals surface area contributed by atoms with Gasteiger partial charge in [0, 0.05) is 18.0 Å². The van der Waals surface area contributed by atoms with Crippen LogP contribution in [0.15, 0.2) is 47.1 Å². The third-order valence-corrected chi connectivity index (χ3v) is 2.89. The Balaban J connectivity index is 2.04. The first-order valence-corrected chi connectivity index (χ1v) is 5.75. The summed E-state index contributed by atoms with van der Waals surface area (Å²) < 4.78 is 18.9. The number of furan rings is 1. The highest BCUT2D eigenvalue weighted by atomic mass is 19.1. The summed E-state index contributed by atoms with van der Waals surface area (Å²) in [5, 5.41) is 3.14. The van der Waals surface area contributed by atoms with Gasteiger partial charge in [-0.2, -0.15) is 0 Å². The average Bonchev–Trinajstić information content (AvgIpc) is 2.85.